The van der Waals surface area contributed by atoms with Crippen molar-refractivity contribution in [1.82, 2.24) is 10.1 Å². The van der Waals surface area contributed by atoms with E-state index in [4.69, 9.17) is 9.63 Å². The molecule has 1 N–H and O–H groups in total. The van der Waals surface area contributed by atoms with E-state index < -0.39 is 0 Å². The Hall–Kier alpha value is -1.23. The van der Waals surface area contributed by atoms with Crippen LogP contribution < -0.4 is 0 Å². The summed E-state index contributed by atoms with van der Waals surface area (Å²) in [6.45, 7) is 1.58. The Morgan fingerprint density at radius 3 is 3.00 bits per heavy atom. The maximum absolute atomic E-state index is 10.7. The number of hydrogen-bond acceptors (Lipinski definition) is 5. The van der Waals surface area contributed by atoms with Crippen LogP contribution in [-0.2, 0) is 17.6 Å². The molecular formula is C8H12N2O3. The molecule has 13 heavy (non-hydrogen) atoms. The smallest absolute Gasteiger partial charge is 0.226 e. The predicted molar refractivity (Wildman–Crippen MR) is 44.1 cm³/mol. The molecule has 0 saturated carbocycles. The van der Waals surface area contributed by atoms with Crippen LogP contribution in [0, 0.1) is 0 Å². The molecule has 0 aliphatic rings. The number of ketones is 1. The first kappa shape index (κ1) is 9.85. The fourth-order valence-electron chi connectivity index (χ4n) is 0.916. The molecule has 1 aromatic heterocycles. The van der Waals surface area contributed by atoms with Gasteiger partial charge in [0.2, 0.25) is 5.89 Å². The predicted octanol–water partition coefficient (Wildman–Crippen LogP) is 0.126. The molecule has 0 aliphatic carbocycles. The van der Waals surface area contributed by atoms with Gasteiger partial charge in [-0.25, -0.2) is 0 Å². The standard InChI is InChI=1S/C8H12N2O3/c1-6(12)5-7-9-8(13-10-7)3-2-4-11/h11H,2-5H2,1H3. The first-order chi connectivity index (χ1) is 6.22. The molecule has 5 heteroatoms. The van der Waals surface area contributed by atoms with Crippen molar-refractivity contribution in [1.29, 1.82) is 0 Å². The van der Waals surface area contributed by atoms with Gasteiger partial charge in [-0.2, -0.15) is 4.98 Å². The number of aryl methyl sites for hydroxylation is 1. The van der Waals surface area contributed by atoms with Gasteiger partial charge < -0.3 is 9.63 Å². The van der Waals surface area contributed by atoms with Gasteiger partial charge >= 0.3 is 0 Å². The van der Waals surface area contributed by atoms with Crippen LogP contribution in [0.1, 0.15) is 25.1 Å². The fourth-order valence-corrected chi connectivity index (χ4v) is 0.916. The topological polar surface area (TPSA) is 76.2 Å². The summed E-state index contributed by atoms with van der Waals surface area (Å²) in [5, 5.41) is 12.2. The van der Waals surface area contributed by atoms with Crippen LogP contribution in [0.4, 0.5) is 0 Å². The van der Waals surface area contributed by atoms with E-state index in [2.05, 4.69) is 10.1 Å². The van der Waals surface area contributed by atoms with E-state index in [0.717, 1.165) is 0 Å². The normalized spacial score (nSPS) is 10.3. The van der Waals surface area contributed by atoms with Gasteiger partial charge in [0.1, 0.15) is 5.78 Å². The van der Waals surface area contributed by atoms with Crippen molar-refractivity contribution in [2.24, 2.45) is 0 Å². The van der Waals surface area contributed by atoms with Crippen LogP contribution in [0.15, 0.2) is 4.52 Å². The van der Waals surface area contributed by atoms with Crippen LogP contribution in [0.5, 0.6) is 0 Å². The number of carbonyl (C=O) groups is 1. The molecule has 0 fully saturated rings. The zero-order valence-electron chi connectivity index (χ0n) is 7.49. The summed E-state index contributed by atoms with van der Waals surface area (Å²) >= 11 is 0. The Labute approximate surface area is 75.8 Å². The average molecular weight is 184 g/mol. The minimum atomic E-state index is 0.00880. The number of hydrogen-bond donors (Lipinski definition) is 1. The molecule has 0 atom stereocenters. The van der Waals surface area contributed by atoms with Gasteiger partial charge in [0.25, 0.3) is 0 Å². The quantitative estimate of drug-likeness (QED) is 0.703. The summed E-state index contributed by atoms with van der Waals surface area (Å²) in [5.41, 5.74) is 0. The molecule has 0 radical (unpaired) electrons. The van der Waals surface area contributed by atoms with E-state index in [1.54, 1.807) is 0 Å². The molecule has 0 amide bonds. The van der Waals surface area contributed by atoms with E-state index in [1.807, 2.05) is 0 Å². The van der Waals surface area contributed by atoms with Gasteiger partial charge in [-0.05, 0) is 13.3 Å². The minimum absolute atomic E-state index is 0.00880. The SMILES string of the molecule is CC(=O)Cc1noc(CCCO)n1. The van der Waals surface area contributed by atoms with E-state index in [0.29, 0.717) is 24.6 Å². The van der Waals surface area contributed by atoms with Gasteiger partial charge in [0.05, 0.1) is 6.42 Å². The molecule has 0 bridgehead atoms. The van der Waals surface area contributed by atoms with E-state index in [9.17, 15) is 4.79 Å². The Kier molecular flexibility index (Phi) is 3.57. The molecule has 0 aromatic carbocycles. The van der Waals surface area contributed by atoms with Crippen molar-refractivity contribution < 1.29 is 14.4 Å². The van der Waals surface area contributed by atoms with Gasteiger partial charge in [-0.1, -0.05) is 5.16 Å². The molecule has 0 spiro atoms. The average Bonchev–Trinajstić information content (AvgIpc) is 2.48. The lowest BCUT2D eigenvalue weighted by Crippen LogP contribution is -1.98. The lowest BCUT2D eigenvalue weighted by Gasteiger charge is -1.87. The second kappa shape index (κ2) is 4.71. The summed E-state index contributed by atoms with van der Waals surface area (Å²) in [6.07, 6.45) is 1.37. The second-order valence-electron chi connectivity index (χ2n) is 2.81. The Balaban J connectivity index is 2.48. The first-order valence-corrected chi connectivity index (χ1v) is 4.14. The highest BCUT2D eigenvalue weighted by Crippen LogP contribution is 2.01. The Morgan fingerprint density at radius 1 is 1.62 bits per heavy atom. The zero-order chi connectivity index (χ0) is 9.68. The lowest BCUT2D eigenvalue weighted by molar-refractivity contribution is -0.116. The van der Waals surface area contributed by atoms with Crippen molar-refractivity contribution in [3.05, 3.63) is 11.7 Å². The molecule has 72 valence electrons. The van der Waals surface area contributed by atoms with Gasteiger partial charge in [-0.3, -0.25) is 4.79 Å². The number of rotatable bonds is 5. The number of aromatic nitrogens is 2. The van der Waals surface area contributed by atoms with Crippen LogP contribution in [0.25, 0.3) is 0 Å². The highest BCUT2D eigenvalue weighted by atomic mass is 16.5. The van der Waals surface area contributed by atoms with Gasteiger partial charge in [-0.15, -0.1) is 0 Å². The maximum Gasteiger partial charge on any atom is 0.226 e. The summed E-state index contributed by atoms with van der Waals surface area (Å²) in [5.74, 6) is 0.903. The zero-order valence-corrected chi connectivity index (χ0v) is 7.49. The summed E-state index contributed by atoms with van der Waals surface area (Å²) in [6, 6.07) is 0. The summed E-state index contributed by atoms with van der Waals surface area (Å²) in [4.78, 5) is 14.7. The molecule has 0 saturated heterocycles. The molecule has 0 unspecified atom stereocenters. The van der Waals surface area contributed by atoms with Crippen molar-refractivity contribution in [3.63, 3.8) is 0 Å². The van der Waals surface area contributed by atoms with E-state index >= 15 is 0 Å². The molecule has 1 rings (SSSR count). The number of carbonyl (C=O) groups excluding carboxylic acids is 1. The third-order valence-corrected chi connectivity index (χ3v) is 1.47. The van der Waals surface area contributed by atoms with E-state index in [-0.39, 0.29) is 18.8 Å². The molecule has 0 aliphatic heterocycles. The third-order valence-electron chi connectivity index (χ3n) is 1.47. The monoisotopic (exact) mass is 184 g/mol. The fraction of sp³-hybridized carbons (Fsp3) is 0.625. The van der Waals surface area contributed by atoms with Crippen LogP contribution in [0.3, 0.4) is 0 Å². The van der Waals surface area contributed by atoms with E-state index in [1.165, 1.54) is 6.92 Å². The van der Waals surface area contributed by atoms with Crippen LogP contribution in [-0.4, -0.2) is 27.6 Å². The van der Waals surface area contributed by atoms with Gasteiger partial charge in [0.15, 0.2) is 5.82 Å². The van der Waals surface area contributed by atoms with Crippen LogP contribution >= 0.6 is 0 Å². The van der Waals surface area contributed by atoms with Crippen molar-refractivity contribution in [2.75, 3.05) is 6.61 Å². The largest absolute Gasteiger partial charge is 0.396 e. The lowest BCUT2D eigenvalue weighted by atomic mass is 10.3. The highest BCUT2D eigenvalue weighted by molar-refractivity contribution is 5.77. The highest BCUT2D eigenvalue weighted by Gasteiger charge is 2.07. The number of nitrogens with zero attached hydrogens (tertiary/aromatic N) is 2. The molecular weight excluding hydrogens is 172 g/mol. The third kappa shape index (κ3) is 3.33. The molecule has 1 aromatic rings. The second-order valence-corrected chi connectivity index (χ2v) is 2.81. The Morgan fingerprint density at radius 2 is 2.38 bits per heavy atom. The molecule has 1 heterocycles. The number of Topliss-reactive ketones (excluding diaryl/α,β-unsaturated/α-hetero) is 1. The number of aliphatic hydroxyl groups is 1. The summed E-state index contributed by atoms with van der Waals surface area (Å²) < 4.78 is 4.84. The number of aliphatic hydroxyl groups excluding tert-OH is 1. The molecule has 5 nitrogen and oxygen atoms in total. The van der Waals surface area contributed by atoms with Gasteiger partial charge in [0, 0.05) is 13.0 Å². The van der Waals surface area contributed by atoms with Crippen molar-refractivity contribution >= 4 is 5.78 Å². The minimum Gasteiger partial charge on any atom is -0.396 e. The first-order valence-electron chi connectivity index (χ1n) is 4.14. The summed E-state index contributed by atoms with van der Waals surface area (Å²) in [7, 11) is 0. The Bertz CT molecular complexity index is 283. The van der Waals surface area contributed by atoms with Crippen molar-refractivity contribution in [2.45, 2.75) is 26.2 Å². The van der Waals surface area contributed by atoms with Crippen molar-refractivity contribution in [3.8, 4) is 0 Å². The van der Waals surface area contributed by atoms with Crippen LogP contribution in [0.2, 0.25) is 0 Å². The maximum atomic E-state index is 10.7.